The van der Waals surface area contributed by atoms with Crippen LogP contribution in [0.2, 0.25) is 0 Å². The molecule has 2 aliphatic rings. The summed E-state index contributed by atoms with van der Waals surface area (Å²) in [6.07, 6.45) is 2.76. The third kappa shape index (κ3) is 3.33. The molecular weight excluding hydrogens is 284 g/mol. The van der Waals surface area contributed by atoms with E-state index in [1.54, 1.807) is 0 Å². The van der Waals surface area contributed by atoms with Gasteiger partial charge in [0.1, 0.15) is 10.8 Å². The minimum atomic E-state index is 0.195. The smallest absolute Gasteiger partial charge is 0.136 e. The van der Waals surface area contributed by atoms with Gasteiger partial charge >= 0.3 is 0 Å². The van der Waals surface area contributed by atoms with Crippen molar-refractivity contribution in [3.8, 4) is 0 Å². The van der Waals surface area contributed by atoms with Crippen LogP contribution in [0.15, 0.2) is 12.1 Å². The Morgan fingerprint density at radius 3 is 3.24 bits per heavy atom. The van der Waals surface area contributed by atoms with E-state index in [1.807, 2.05) is 19.1 Å². The van der Waals surface area contributed by atoms with E-state index in [2.05, 4.69) is 15.2 Å². The highest BCUT2D eigenvalue weighted by Crippen LogP contribution is 2.23. The summed E-state index contributed by atoms with van der Waals surface area (Å²) in [6.45, 7) is 5.72. The third-order valence-electron chi connectivity index (χ3n) is 4.26. The molecule has 2 atom stereocenters. The lowest BCUT2D eigenvalue weighted by Gasteiger charge is -2.35. The number of hydrogen-bond acceptors (Lipinski definition) is 5. The van der Waals surface area contributed by atoms with Crippen molar-refractivity contribution >= 4 is 23.0 Å². The van der Waals surface area contributed by atoms with Crippen LogP contribution < -0.4 is 11.1 Å². The van der Waals surface area contributed by atoms with Gasteiger partial charge in [0.2, 0.25) is 0 Å². The van der Waals surface area contributed by atoms with Crippen LogP contribution in [0.1, 0.15) is 24.1 Å². The molecule has 0 spiro atoms. The number of aryl methyl sites for hydroxylation is 1. The molecule has 2 saturated heterocycles. The maximum Gasteiger partial charge on any atom is 0.136 e. The number of nitrogens with one attached hydrogen (secondary N) is 1. The molecule has 3 heterocycles. The van der Waals surface area contributed by atoms with Gasteiger partial charge in [-0.3, -0.25) is 4.90 Å². The quantitative estimate of drug-likeness (QED) is 0.818. The van der Waals surface area contributed by atoms with Crippen LogP contribution in [0.5, 0.6) is 0 Å². The summed E-state index contributed by atoms with van der Waals surface area (Å²) in [5.74, 6) is 0.759. The van der Waals surface area contributed by atoms with Crippen molar-refractivity contribution in [1.82, 2.24) is 9.88 Å². The van der Waals surface area contributed by atoms with E-state index in [1.165, 1.54) is 19.4 Å². The molecule has 0 aromatic carbocycles. The van der Waals surface area contributed by atoms with Crippen LogP contribution >= 0.6 is 12.2 Å². The maximum atomic E-state index is 5.95. The molecule has 0 saturated carbocycles. The number of hydrogen-bond donors (Lipinski definition) is 2. The van der Waals surface area contributed by atoms with E-state index < -0.39 is 0 Å². The van der Waals surface area contributed by atoms with Gasteiger partial charge in [0.15, 0.2) is 0 Å². The number of pyridine rings is 1. The van der Waals surface area contributed by atoms with Gasteiger partial charge in [0.25, 0.3) is 0 Å². The van der Waals surface area contributed by atoms with E-state index in [0.29, 0.717) is 11.0 Å². The Bertz CT molecular complexity index is 536. The molecule has 0 radical (unpaired) electrons. The van der Waals surface area contributed by atoms with Gasteiger partial charge in [-0.15, -0.1) is 0 Å². The first-order chi connectivity index (χ1) is 10.1. The molecule has 2 aliphatic heterocycles. The molecule has 0 amide bonds. The zero-order valence-electron chi connectivity index (χ0n) is 12.3. The summed E-state index contributed by atoms with van der Waals surface area (Å²) in [7, 11) is 0. The van der Waals surface area contributed by atoms with Crippen LogP contribution in [0, 0.1) is 6.92 Å². The molecule has 2 fully saturated rings. The normalized spacial score (nSPS) is 25.6. The number of anilines is 1. The van der Waals surface area contributed by atoms with Gasteiger partial charge in [0, 0.05) is 24.8 Å². The van der Waals surface area contributed by atoms with Crippen molar-refractivity contribution < 1.29 is 4.74 Å². The number of thiocarbonyl (C=S) groups is 1. The second-order valence-electron chi connectivity index (χ2n) is 5.84. The largest absolute Gasteiger partial charge is 0.389 e. The second kappa shape index (κ2) is 6.25. The number of nitrogens with two attached hydrogens (primary N) is 1. The van der Waals surface area contributed by atoms with Crippen LogP contribution in [0.4, 0.5) is 5.82 Å². The Labute approximate surface area is 130 Å². The topological polar surface area (TPSA) is 63.4 Å². The summed E-state index contributed by atoms with van der Waals surface area (Å²) in [6, 6.07) is 4.47. The predicted molar refractivity (Wildman–Crippen MR) is 87.7 cm³/mol. The summed E-state index contributed by atoms with van der Waals surface area (Å²) in [5.41, 5.74) is 7.50. The Hall–Kier alpha value is -1.24. The average Bonchev–Trinajstić information content (AvgIpc) is 2.92. The van der Waals surface area contributed by atoms with Crippen molar-refractivity contribution in [1.29, 1.82) is 0 Å². The molecule has 1 aromatic heterocycles. The molecule has 0 aliphatic carbocycles. The van der Waals surface area contributed by atoms with Gasteiger partial charge in [-0.25, -0.2) is 4.98 Å². The lowest BCUT2D eigenvalue weighted by molar-refractivity contribution is -0.0416. The monoisotopic (exact) mass is 306 g/mol. The van der Waals surface area contributed by atoms with Gasteiger partial charge < -0.3 is 15.8 Å². The standard InChI is InChI=1S/C15H22N4OS/c1-10-4-5-13(14(16)21)15(18-10)17-7-12-8-19-6-2-3-11(19)9-20-12/h4-5,11-12H,2-3,6-9H2,1H3,(H2,16,21)(H,17,18). The van der Waals surface area contributed by atoms with Gasteiger partial charge in [0.05, 0.1) is 18.3 Å². The van der Waals surface area contributed by atoms with Crippen molar-refractivity contribution in [2.75, 3.05) is 31.6 Å². The maximum absolute atomic E-state index is 5.95. The highest BCUT2D eigenvalue weighted by atomic mass is 32.1. The van der Waals surface area contributed by atoms with Gasteiger partial charge in [-0.05, 0) is 38.4 Å². The number of nitrogens with zero attached hydrogens (tertiary/aromatic N) is 2. The summed E-state index contributed by atoms with van der Waals surface area (Å²) < 4.78 is 5.95. The molecule has 2 unspecified atom stereocenters. The van der Waals surface area contributed by atoms with Crippen LogP contribution in [0.25, 0.3) is 0 Å². The molecule has 3 N–H and O–H groups in total. The van der Waals surface area contributed by atoms with Crippen molar-refractivity contribution in [3.05, 3.63) is 23.4 Å². The number of rotatable bonds is 4. The molecule has 3 rings (SSSR count). The minimum absolute atomic E-state index is 0.195. The Balaban J connectivity index is 1.62. The zero-order valence-corrected chi connectivity index (χ0v) is 13.2. The van der Waals surface area contributed by atoms with E-state index in [0.717, 1.165) is 36.8 Å². The highest BCUT2D eigenvalue weighted by molar-refractivity contribution is 7.80. The summed E-state index contributed by atoms with van der Waals surface area (Å²) in [4.78, 5) is 7.40. The van der Waals surface area contributed by atoms with Crippen LogP contribution in [-0.2, 0) is 4.74 Å². The zero-order chi connectivity index (χ0) is 14.8. The van der Waals surface area contributed by atoms with E-state index in [-0.39, 0.29) is 6.10 Å². The highest BCUT2D eigenvalue weighted by Gasteiger charge is 2.32. The Morgan fingerprint density at radius 2 is 2.43 bits per heavy atom. The van der Waals surface area contributed by atoms with Crippen molar-refractivity contribution in [3.63, 3.8) is 0 Å². The minimum Gasteiger partial charge on any atom is -0.389 e. The SMILES string of the molecule is Cc1ccc(C(N)=S)c(NCC2CN3CCCC3CO2)n1. The van der Waals surface area contributed by atoms with E-state index in [9.17, 15) is 0 Å². The number of morpholine rings is 1. The fourth-order valence-corrected chi connectivity index (χ4v) is 3.27. The first-order valence-corrected chi connectivity index (χ1v) is 7.91. The molecule has 0 bridgehead atoms. The molecule has 1 aromatic rings. The van der Waals surface area contributed by atoms with E-state index in [4.69, 9.17) is 22.7 Å². The molecule has 5 nitrogen and oxygen atoms in total. The van der Waals surface area contributed by atoms with Crippen LogP contribution in [-0.4, -0.2) is 53.3 Å². The molecular formula is C15H22N4OS. The third-order valence-corrected chi connectivity index (χ3v) is 4.48. The Kier molecular flexibility index (Phi) is 4.37. The second-order valence-corrected chi connectivity index (χ2v) is 6.28. The van der Waals surface area contributed by atoms with Gasteiger partial charge in [-0.2, -0.15) is 0 Å². The summed E-state index contributed by atoms with van der Waals surface area (Å²) in [5, 5.41) is 3.35. The molecule has 6 heteroatoms. The first-order valence-electron chi connectivity index (χ1n) is 7.50. The van der Waals surface area contributed by atoms with Crippen molar-refractivity contribution in [2.24, 2.45) is 5.73 Å². The molecule has 21 heavy (non-hydrogen) atoms. The Morgan fingerprint density at radius 1 is 1.57 bits per heavy atom. The number of ether oxygens (including phenoxy) is 1. The lowest BCUT2D eigenvalue weighted by Crippen LogP contribution is -2.48. The fraction of sp³-hybridized carbons (Fsp3) is 0.600. The fourth-order valence-electron chi connectivity index (χ4n) is 3.11. The number of fused-ring (bicyclic) bond motifs is 1. The number of aromatic nitrogens is 1. The van der Waals surface area contributed by atoms with Gasteiger partial charge in [-0.1, -0.05) is 12.2 Å². The first kappa shape index (κ1) is 14.7. The van der Waals surface area contributed by atoms with Crippen molar-refractivity contribution in [2.45, 2.75) is 31.9 Å². The lowest BCUT2D eigenvalue weighted by atomic mass is 10.2. The predicted octanol–water partition coefficient (Wildman–Crippen LogP) is 1.30. The summed E-state index contributed by atoms with van der Waals surface area (Å²) >= 11 is 5.08. The average molecular weight is 306 g/mol. The van der Waals surface area contributed by atoms with Crippen LogP contribution in [0.3, 0.4) is 0 Å². The van der Waals surface area contributed by atoms with E-state index >= 15 is 0 Å². The molecule has 114 valence electrons.